The molecule has 2 aliphatic heterocycles. The fourth-order valence-electron chi connectivity index (χ4n) is 2.63. The molecule has 0 saturated carbocycles. The normalized spacial score (nSPS) is 31.1. The van der Waals surface area contributed by atoms with Gasteiger partial charge >= 0.3 is 0 Å². The highest BCUT2D eigenvalue weighted by Crippen LogP contribution is 2.17. The van der Waals surface area contributed by atoms with Crippen molar-refractivity contribution in [3.63, 3.8) is 0 Å². The lowest BCUT2D eigenvalue weighted by Crippen LogP contribution is -2.36. The Hall–Kier alpha value is -0.0800. The van der Waals surface area contributed by atoms with Crippen LogP contribution >= 0.6 is 0 Å². The molecule has 2 aliphatic rings. The van der Waals surface area contributed by atoms with Crippen LogP contribution < -0.4 is 5.32 Å². The molecule has 14 heavy (non-hydrogen) atoms. The molecule has 0 aromatic carbocycles. The Morgan fingerprint density at radius 1 is 1.21 bits per heavy atom. The van der Waals surface area contributed by atoms with Gasteiger partial charge in [0.1, 0.15) is 0 Å². The monoisotopic (exact) mass is 196 g/mol. The van der Waals surface area contributed by atoms with E-state index in [0.29, 0.717) is 0 Å². The van der Waals surface area contributed by atoms with Crippen molar-refractivity contribution in [1.29, 1.82) is 0 Å². The molecule has 0 aliphatic carbocycles. The van der Waals surface area contributed by atoms with Crippen molar-refractivity contribution in [2.24, 2.45) is 5.92 Å². The first-order valence-electron chi connectivity index (χ1n) is 6.30. The Kier molecular flexibility index (Phi) is 3.82. The molecule has 0 aromatic heterocycles. The number of likely N-dealkylation sites (tertiary alicyclic amines) is 1. The van der Waals surface area contributed by atoms with Crippen LogP contribution in [0.1, 0.15) is 39.0 Å². The second kappa shape index (κ2) is 5.13. The highest BCUT2D eigenvalue weighted by Gasteiger charge is 2.18. The molecular formula is C12H24N2. The van der Waals surface area contributed by atoms with Crippen molar-refractivity contribution in [2.45, 2.75) is 45.1 Å². The molecule has 1 N–H and O–H groups in total. The highest BCUT2D eigenvalue weighted by molar-refractivity contribution is 4.77. The first kappa shape index (κ1) is 10.4. The zero-order valence-electron chi connectivity index (χ0n) is 9.47. The van der Waals surface area contributed by atoms with E-state index < -0.39 is 0 Å². The van der Waals surface area contributed by atoms with Gasteiger partial charge in [-0.3, -0.25) is 0 Å². The third-order valence-electron chi connectivity index (χ3n) is 3.83. The molecule has 2 heteroatoms. The summed E-state index contributed by atoms with van der Waals surface area (Å²) in [5, 5.41) is 3.58. The van der Waals surface area contributed by atoms with Crippen LogP contribution in [0, 0.1) is 5.92 Å². The maximum atomic E-state index is 3.58. The molecular weight excluding hydrogens is 172 g/mol. The molecule has 0 spiro atoms. The van der Waals surface area contributed by atoms with E-state index >= 15 is 0 Å². The van der Waals surface area contributed by atoms with E-state index in [1.807, 2.05) is 0 Å². The lowest BCUT2D eigenvalue weighted by Gasteiger charge is -2.30. The summed E-state index contributed by atoms with van der Waals surface area (Å²) >= 11 is 0. The average Bonchev–Trinajstić information content (AvgIpc) is 2.70. The molecule has 1 unspecified atom stereocenters. The molecule has 82 valence electrons. The first-order valence-corrected chi connectivity index (χ1v) is 6.30. The Labute approximate surface area is 88.1 Å². The van der Waals surface area contributed by atoms with E-state index in [-0.39, 0.29) is 0 Å². The van der Waals surface area contributed by atoms with Crippen LogP contribution in [0.5, 0.6) is 0 Å². The molecule has 2 fully saturated rings. The van der Waals surface area contributed by atoms with E-state index in [4.69, 9.17) is 0 Å². The molecule has 2 rings (SSSR count). The highest BCUT2D eigenvalue weighted by atomic mass is 15.1. The van der Waals surface area contributed by atoms with Crippen molar-refractivity contribution in [1.82, 2.24) is 10.2 Å². The SMILES string of the molecule is CC1CCN(CCC2CCCN2)CC1. The molecule has 1 atom stereocenters. The van der Waals surface area contributed by atoms with Crippen molar-refractivity contribution >= 4 is 0 Å². The van der Waals surface area contributed by atoms with Crippen LogP contribution in [-0.2, 0) is 0 Å². The second-order valence-electron chi connectivity index (χ2n) is 5.11. The van der Waals surface area contributed by atoms with Crippen LogP contribution in [-0.4, -0.2) is 37.1 Å². The first-order chi connectivity index (χ1) is 6.84. The largest absolute Gasteiger partial charge is 0.314 e. The minimum atomic E-state index is 0.828. The Bertz CT molecular complexity index is 156. The third kappa shape index (κ3) is 2.96. The van der Waals surface area contributed by atoms with E-state index in [0.717, 1.165) is 12.0 Å². The molecule has 0 amide bonds. The smallest absolute Gasteiger partial charge is 0.00797 e. The van der Waals surface area contributed by atoms with Crippen molar-refractivity contribution < 1.29 is 0 Å². The summed E-state index contributed by atoms with van der Waals surface area (Å²) in [6, 6.07) is 0.828. The zero-order chi connectivity index (χ0) is 9.80. The fraction of sp³-hybridized carbons (Fsp3) is 1.00. The number of nitrogens with zero attached hydrogens (tertiary/aromatic N) is 1. The minimum Gasteiger partial charge on any atom is -0.314 e. The minimum absolute atomic E-state index is 0.828. The predicted octanol–water partition coefficient (Wildman–Crippen LogP) is 1.86. The topological polar surface area (TPSA) is 15.3 Å². The summed E-state index contributed by atoms with van der Waals surface area (Å²) in [5.41, 5.74) is 0. The van der Waals surface area contributed by atoms with Crippen molar-refractivity contribution in [3.8, 4) is 0 Å². The van der Waals surface area contributed by atoms with E-state index in [1.54, 1.807) is 0 Å². The number of hydrogen-bond donors (Lipinski definition) is 1. The standard InChI is InChI=1S/C12H24N2/c1-11-4-8-14(9-5-11)10-6-12-3-2-7-13-12/h11-13H,2-10H2,1H3. The number of rotatable bonds is 3. The van der Waals surface area contributed by atoms with Gasteiger partial charge in [-0.25, -0.2) is 0 Å². The maximum absolute atomic E-state index is 3.58. The summed E-state index contributed by atoms with van der Waals surface area (Å²) in [6.07, 6.45) is 7.00. The van der Waals surface area contributed by atoms with E-state index in [1.165, 1.54) is 58.3 Å². The predicted molar refractivity (Wildman–Crippen MR) is 60.5 cm³/mol. The molecule has 2 heterocycles. The van der Waals surface area contributed by atoms with Gasteiger partial charge in [-0.1, -0.05) is 6.92 Å². The number of nitrogens with one attached hydrogen (secondary N) is 1. The van der Waals surface area contributed by atoms with Gasteiger partial charge in [0.05, 0.1) is 0 Å². The van der Waals surface area contributed by atoms with Crippen molar-refractivity contribution in [2.75, 3.05) is 26.2 Å². The third-order valence-corrected chi connectivity index (χ3v) is 3.83. The van der Waals surface area contributed by atoms with Gasteiger partial charge in [0.2, 0.25) is 0 Å². The van der Waals surface area contributed by atoms with Crippen LogP contribution in [0.3, 0.4) is 0 Å². The molecule has 0 bridgehead atoms. The van der Waals surface area contributed by atoms with Gasteiger partial charge in [-0.15, -0.1) is 0 Å². The molecule has 2 nitrogen and oxygen atoms in total. The van der Waals surface area contributed by atoms with Crippen LogP contribution in [0.4, 0.5) is 0 Å². The summed E-state index contributed by atoms with van der Waals surface area (Å²) in [4.78, 5) is 2.65. The maximum Gasteiger partial charge on any atom is 0.00797 e. The number of piperidine rings is 1. The zero-order valence-corrected chi connectivity index (χ0v) is 9.47. The fourth-order valence-corrected chi connectivity index (χ4v) is 2.63. The van der Waals surface area contributed by atoms with Gasteiger partial charge < -0.3 is 10.2 Å². The summed E-state index contributed by atoms with van der Waals surface area (Å²) in [7, 11) is 0. The molecule has 2 saturated heterocycles. The van der Waals surface area contributed by atoms with Gasteiger partial charge in [0, 0.05) is 6.04 Å². The number of hydrogen-bond acceptors (Lipinski definition) is 2. The lowest BCUT2D eigenvalue weighted by molar-refractivity contribution is 0.185. The molecule has 0 aromatic rings. The summed E-state index contributed by atoms with van der Waals surface area (Å²) in [6.45, 7) is 7.64. The summed E-state index contributed by atoms with van der Waals surface area (Å²) < 4.78 is 0. The average molecular weight is 196 g/mol. The Morgan fingerprint density at radius 2 is 2.00 bits per heavy atom. The quantitative estimate of drug-likeness (QED) is 0.741. The summed E-state index contributed by atoms with van der Waals surface area (Å²) in [5.74, 6) is 0.968. The van der Waals surface area contributed by atoms with Gasteiger partial charge in [-0.05, 0) is 64.2 Å². The van der Waals surface area contributed by atoms with E-state index in [9.17, 15) is 0 Å². The van der Waals surface area contributed by atoms with Gasteiger partial charge in [0.25, 0.3) is 0 Å². The Morgan fingerprint density at radius 3 is 2.64 bits per heavy atom. The Balaban J connectivity index is 1.60. The van der Waals surface area contributed by atoms with Gasteiger partial charge in [-0.2, -0.15) is 0 Å². The van der Waals surface area contributed by atoms with Gasteiger partial charge in [0.15, 0.2) is 0 Å². The van der Waals surface area contributed by atoms with Crippen molar-refractivity contribution in [3.05, 3.63) is 0 Å². The van der Waals surface area contributed by atoms with Crippen LogP contribution in [0.25, 0.3) is 0 Å². The van der Waals surface area contributed by atoms with Crippen LogP contribution in [0.2, 0.25) is 0 Å². The second-order valence-corrected chi connectivity index (χ2v) is 5.11. The lowest BCUT2D eigenvalue weighted by atomic mass is 9.99. The van der Waals surface area contributed by atoms with Crippen LogP contribution in [0.15, 0.2) is 0 Å². The van der Waals surface area contributed by atoms with E-state index in [2.05, 4.69) is 17.1 Å². The molecule has 0 radical (unpaired) electrons.